The van der Waals surface area contributed by atoms with Crippen molar-refractivity contribution in [3.63, 3.8) is 0 Å². The molecule has 5 nitrogen and oxygen atoms in total. The maximum Gasteiger partial charge on any atom is 0.295 e. The van der Waals surface area contributed by atoms with Crippen LogP contribution in [-0.2, 0) is 21.5 Å². The summed E-state index contributed by atoms with van der Waals surface area (Å²) in [4.78, 5) is 28.9. The largest absolute Gasteiger partial charge is 0.507 e. The van der Waals surface area contributed by atoms with Crippen molar-refractivity contribution in [3.8, 4) is 5.75 Å². The van der Waals surface area contributed by atoms with Crippen LogP contribution in [0.15, 0.2) is 65.6 Å². The number of Topliss-reactive ketones (excluding diaryl/α,β-unsaturated/α-hetero) is 1. The summed E-state index contributed by atoms with van der Waals surface area (Å²) in [6.45, 7) is 8.44. The number of carbonyl (C=O) groups excluding carboxylic acids is 2. The molecular formula is C28H29NO4S. The molecule has 176 valence electrons. The first-order valence-electron chi connectivity index (χ1n) is 11.2. The molecule has 34 heavy (non-hydrogen) atoms. The molecule has 1 atom stereocenters. The summed E-state index contributed by atoms with van der Waals surface area (Å²) in [5.41, 5.74) is 3.34. The molecule has 3 aromatic rings. The lowest BCUT2D eigenvalue weighted by atomic mass is 9.84. The van der Waals surface area contributed by atoms with Gasteiger partial charge in [0.1, 0.15) is 11.5 Å². The molecule has 1 aliphatic heterocycles. The number of ketones is 1. The van der Waals surface area contributed by atoms with Crippen LogP contribution < -0.4 is 4.74 Å². The molecule has 2 aromatic carbocycles. The van der Waals surface area contributed by atoms with Crippen LogP contribution in [0.4, 0.5) is 0 Å². The summed E-state index contributed by atoms with van der Waals surface area (Å²) in [5, 5.41) is 13.4. The maximum absolute atomic E-state index is 13.3. The molecule has 1 fully saturated rings. The zero-order valence-corrected chi connectivity index (χ0v) is 20.9. The molecule has 4 rings (SSSR count). The van der Waals surface area contributed by atoms with Crippen molar-refractivity contribution in [2.24, 2.45) is 0 Å². The van der Waals surface area contributed by atoms with Crippen molar-refractivity contribution in [3.05, 3.63) is 92.7 Å². The molecule has 1 amide bonds. The number of amides is 1. The van der Waals surface area contributed by atoms with Crippen LogP contribution in [0.25, 0.3) is 5.76 Å². The van der Waals surface area contributed by atoms with Gasteiger partial charge in [0.15, 0.2) is 0 Å². The minimum absolute atomic E-state index is 0.127. The number of rotatable bonds is 5. The van der Waals surface area contributed by atoms with Crippen molar-refractivity contribution in [1.82, 2.24) is 4.90 Å². The molecular weight excluding hydrogens is 446 g/mol. The Balaban J connectivity index is 1.84. The Morgan fingerprint density at radius 3 is 2.38 bits per heavy atom. The summed E-state index contributed by atoms with van der Waals surface area (Å²) < 4.78 is 5.23. The summed E-state index contributed by atoms with van der Waals surface area (Å²) in [7, 11) is 1.60. The Bertz CT molecular complexity index is 1250. The van der Waals surface area contributed by atoms with E-state index in [2.05, 4.69) is 20.8 Å². The second kappa shape index (κ2) is 9.11. The predicted molar refractivity (Wildman–Crippen MR) is 135 cm³/mol. The number of likely N-dealkylation sites (tertiary alicyclic amines) is 1. The molecule has 1 saturated heterocycles. The summed E-state index contributed by atoms with van der Waals surface area (Å²) in [5.74, 6) is -0.683. The highest BCUT2D eigenvalue weighted by molar-refractivity contribution is 7.10. The molecule has 2 heterocycles. The number of nitrogens with zero attached hydrogens (tertiary/aromatic N) is 1. The standard InChI is InChI=1S/C28H29NO4S/c1-17-8-11-19(28(2,3)4)15-21(17)25(30)23-24(22-7-6-14-34-22)29(27(32)26(23)31)16-18-9-12-20(33-5)13-10-18/h6-15,24,30H,16H2,1-5H3/b25-23+. The zero-order valence-electron chi connectivity index (χ0n) is 20.1. The van der Waals surface area contributed by atoms with E-state index in [1.807, 2.05) is 66.9 Å². The van der Waals surface area contributed by atoms with Gasteiger partial charge in [0.2, 0.25) is 0 Å². The fraction of sp³-hybridized carbons (Fsp3) is 0.286. The molecule has 1 N–H and O–H groups in total. The number of benzene rings is 2. The lowest BCUT2D eigenvalue weighted by molar-refractivity contribution is -0.140. The first-order valence-corrected chi connectivity index (χ1v) is 12.1. The normalized spacial score (nSPS) is 17.9. The number of aliphatic hydroxyl groups is 1. The molecule has 0 bridgehead atoms. The number of thiophene rings is 1. The van der Waals surface area contributed by atoms with E-state index in [4.69, 9.17) is 4.74 Å². The third kappa shape index (κ3) is 4.38. The van der Waals surface area contributed by atoms with Gasteiger partial charge in [0.05, 0.1) is 18.7 Å². The maximum atomic E-state index is 13.3. The number of aryl methyl sites for hydroxylation is 1. The molecule has 0 radical (unpaired) electrons. The van der Waals surface area contributed by atoms with Gasteiger partial charge in [-0.3, -0.25) is 9.59 Å². The third-order valence-corrected chi connectivity index (χ3v) is 7.15. The SMILES string of the molecule is COc1ccc(CN2C(=O)C(=O)/C(=C(/O)c3cc(C(C)(C)C)ccc3C)C2c2cccs2)cc1. The van der Waals surface area contributed by atoms with Gasteiger partial charge in [0.25, 0.3) is 11.7 Å². The fourth-order valence-electron chi connectivity index (χ4n) is 4.20. The van der Waals surface area contributed by atoms with E-state index in [0.29, 0.717) is 5.56 Å². The van der Waals surface area contributed by atoms with E-state index in [-0.39, 0.29) is 23.3 Å². The topological polar surface area (TPSA) is 66.8 Å². The first-order chi connectivity index (χ1) is 16.1. The summed E-state index contributed by atoms with van der Waals surface area (Å²) in [6, 6.07) is 16.4. The lowest BCUT2D eigenvalue weighted by Gasteiger charge is -2.25. The zero-order chi connectivity index (χ0) is 24.6. The van der Waals surface area contributed by atoms with Gasteiger partial charge in [-0.05, 0) is 58.7 Å². The van der Waals surface area contributed by atoms with Crippen LogP contribution in [0.3, 0.4) is 0 Å². The quantitative estimate of drug-likeness (QED) is 0.280. The highest BCUT2D eigenvalue weighted by Gasteiger charge is 2.46. The van der Waals surface area contributed by atoms with Crippen molar-refractivity contribution < 1.29 is 19.4 Å². The molecule has 0 saturated carbocycles. The van der Waals surface area contributed by atoms with Crippen LogP contribution in [0, 0.1) is 6.92 Å². The van der Waals surface area contributed by atoms with E-state index in [9.17, 15) is 14.7 Å². The summed E-state index contributed by atoms with van der Waals surface area (Å²) in [6.07, 6.45) is 0. The van der Waals surface area contributed by atoms with Gasteiger partial charge in [-0.15, -0.1) is 11.3 Å². The number of carbonyl (C=O) groups is 2. The lowest BCUT2D eigenvalue weighted by Crippen LogP contribution is -2.28. The number of hydrogen-bond acceptors (Lipinski definition) is 5. The highest BCUT2D eigenvalue weighted by Crippen LogP contribution is 2.42. The van der Waals surface area contributed by atoms with Crippen LogP contribution in [0.5, 0.6) is 5.75 Å². The first kappa shape index (κ1) is 23.8. The van der Waals surface area contributed by atoms with Crippen molar-refractivity contribution in [2.75, 3.05) is 7.11 Å². The fourth-order valence-corrected chi connectivity index (χ4v) is 5.05. The van der Waals surface area contributed by atoms with E-state index in [1.54, 1.807) is 12.0 Å². The van der Waals surface area contributed by atoms with Gasteiger partial charge in [-0.2, -0.15) is 0 Å². The second-order valence-corrected chi connectivity index (χ2v) is 10.5. The van der Waals surface area contributed by atoms with Gasteiger partial charge in [0, 0.05) is 17.0 Å². The average molecular weight is 476 g/mol. The molecule has 0 spiro atoms. The third-order valence-electron chi connectivity index (χ3n) is 6.22. The van der Waals surface area contributed by atoms with Crippen molar-refractivity contribution in [1.29, 1.82) is 0 Å². The van der Waals surface area contributed by atoms with E-state index >= 15 is 0 Å². The van der Waals surface area contributed by atoms with Crippen LogP contribution >= 0.6 is 11.3 Å². The van der Waals surface area contributed by atoms with Crippen molar-refractivity contribution in [2.45, 2.75) is 45.7 Å². The Kier molecular flexibility index (Phi) is 6.36. The second-order valence-electron chi connectivity index (χ2n) is 9.57. The Morgan fingerprint density at radius 2 is 1.79 bits per heavy atom. The average Bonchev–Trinajstić information content (AvgIpc) is 3.41. The van der Waals surface area contributed by atoms with E-state index < -0.39 is 17.7 Å². The monoisotopic (exact) mass is 475 g/mol. The Hall–Kier alpha value is -3.38. The van der Waals surface area contributed by atoms with Gasteiger partial charge < -0.3 is 14.7 Å². The van der Waals surface area contributed by atoms with Crippen molar-refractivity contribution >= 4 is 28.8 Å². The molecule has 1 unspecified atom stereocenters. The van der Waals surface area contributed by atoms with Crippen LogP contribution in [-0.4, -0.2) is 28.8 Å². The number of aliphatic hydroxyl groups excluding tert-OH is 1. The van der Waals surface area contributed by atoms with Crippen LogP contribution in [0.2, 0.25) is 0 Å². The van der Waals surface area contributed by atoms with Gasteiger partial charge in [-0.1, -0.05) is 51.1 Å². The minimum Gasteiger partial charge on any atom is -0.507 e. The Labute approximate surface area is 204 Å². The highest BCUT2D eigenvalue weighted by atomic mass is 32.1. The minimum atomic E-state index is -0.662. The summed E-state index contributed by atoms with van der Waals surface area (Å²) >= 11 is 1.46. The molecule has 1 aliphatic rings. The molecule has 1 aromatic heterocycles. The molecule has 0 aliphatic carbocycles. The molecule has 6 heteroatoms. The van der Waals surface area contributed by atoms with Gasteiger partial charge in [-0.25, -0.2) is 0 Å². The van der Waals surface area contributed by atoms with Crippen LogP contribution in [0.1, 0.15) is 53.9 Å². The number of methoxy groups -OCH3 is 1. The van der Waals surface area contributed by atoms with Gasteiger partial charge >= 0.3 is 0 Å². The number of ether oxygens (including phenoxy) is 1. The Morgan fingerprint density at radius 1 is 1.09 bits per heavy atom. The predicted octanol–water partition coefficient (Wildman–Crippen LogP) is 5.98. The van der Waals surface area contributed by atoms with E-state index in [0.717, 1.165) is 27.3 Å². The smallest absolute Gasteiger partial charge is 0.295 e. The number of hydrogen-bond donors (Lipinski definition) is 1. The van der Waals surface area contributed by atoms with E-state index in [1.165, 1.54) is 11.3 Å².